The second-order valence-electron chi connectivity index (χ2n) is 11.1. The van der Waals surface area contributed by atoms with Crippen molar-refractivity contribution in [2.24, 2.45) is 28.6 Å². The lowest BCUT2D eigenvalue weighted by Gasteiger charge is -2.58. The molecule has 1 spiro atoms. The summed E-state index contributed by atoms with van der Waals surface area (Å²) in [6.07, 6.45) is 7.17. The molecule has 3 rings (SSSR count). The lowest BCUT2D eigenvalue weighted by molar-refractivity contribution is -0.235. The quantitative estimate of drug-likeness (QED) is 0.184. The molecule has 0 amide bonds. The van der Waals surface area contributed by atoms with Crippen LogP contribution in [-0.2, 0) is 33.3 Å². The van der Waals surface area contributed by atoms with E-state index in [1.807, 2.05) is 32.9 Å². The van der Waals surface area contributed by atoms with E-state index in [1.165, 1.54) is 13.8 Å². The third kappa shape index (κ3) is 5.17. The zero-order chi connectivity index (χ0) is 26.8. The first-order valence-corrected chi connectivity index (χ1v) is 13.1. The number of esters is 3. The maximum absolute atomic E-state index is 12.8. The molecule has 8 atom stereocenters. The molecule has 1 aliphatic heterocycles. The fourth-order valence-corrected chi connectivity index (χ4v) is 6.24. The van der Waals surface area contributed by atoms with Gasteiger partial charge in [-0.05, 0) is 62.4 Å². The summed E-state index contributed by atoms with van der Waals surface area (Å²) in [7, 11) is 0. The van der Waals surface area contributed by atoms with E-state index in [9.17, 15) is 14.4 Å². The molecule has 2 aliphatic carbocycles. The van der Waals surface area contributed by atoms with Crippen molar-refractivity contribution in [3.63, 3.8) is 0 Å². The summed E-state index contributed by atoms with van der Waals surface area (Å²) >= 11 is 0. The van der Waals surface area contributed by atoms with Gasteiger partial charge in [-0.1, -0.05) is 52.0 Å². The maximum atomic E-state index is 12.8. The van der Waals surface area contributed by atoms with Gasteiger partial charge in [-0.2, -0.15) is 0 Å². The van der Waals surface area contributed by atoms with Gasteiger partial charge in [-0.3, -0.25) is 19.1 Å². The van der Waals surface area contributed by atoms with E-state index < -0.39 is 36.0 Å². The van der Waals surface area contributed by atoms with Crippen molar-refractivity contribution in [1.29, 1.82) is 0 Å². The van der Waals surface area contributed by atoms with Gasteiger partial charge in [0.1, 0.15) is 6.10 Å². The molecule has 0 aromatic heterocycles. The minimum Gasteiger partial charge on any atom is -0.458 e. The molecular formula is C29H42O7. The normalized spacial score (nSPS) is 36.6. The Morgan fingerprint density at radius 3 is 2.44 bits per heavy atom. The van der Waals surface area contributed by atoms with Crippen LogP contribution in [0.25, 0.3) is 0 Å². The van der Waals surface area contributed by atoms with E-state index in [0.717, 1.165) is 24.0 Å². The van der Waals surface area contributed by atoms with Gasteiger partial charge in [-0.15, -0.1) is 0 Å². The third-order valence-corrected chi connectivity index (χ3v) is 8.84. The Kier molecular flexibility index (Phi) is 8.54. The molecule has 0 aromatic carbocycles. The van der Waals surface area contributed by atoms with Crippen LogP contribution in [0.2, 0.25) is 0 Å². The molecular weight excluding hydrogens is 460 g/mol. The Morgan fingerprint density at radius 2 is 1.86 bits per heavy atom. The highest BCUT2D eigenvalue weighted by Crippen LogP contribution is 2.67. The Hall–Kier alpha value is -2.41. The van der Waals surface area contributed by atoms with Crippen LogP contribution in [0.3, 0.4) is 0 Å². The van der Waals surface area contributed by atoms with Crippen LogP contribution in [0.5, 0.6) is 0 Å². The van der Waals surface area contributed by atoms with Gasteiger partial charge in [0.05, 0.1) is 11.3 Å². The van der Waals surface area contributed by atoms with Crippen LogP contribution in [0.4, 0.5) is 0 Å². The molecule has 7 nitrogen and oxygen atoms in total. The molecule has 36 heavy (non-hydrogen) atoms. The van der Waals surface area contributed by atoms with E-state index in [0.29, 0.717) is 25.2 Å². The predicted octanol–water partition coefficient (Wildman–Crippen LogP) is 5.64. The summed E-state index contributed by atoms with van der Waals surface area (Å²) in [5.41, 5.74) is 0.925. The molecule has 3 aliphatic rings. The van der Waals surface area contributed by atoms with Gasteiger partial charge >= 0.3 is 17.9 Å². The molecule has 1 saturated heterocycles. The molecule has 0 N–H and O–H groups in total. The number of hydrogen-bond donors (Lipinski definition) is 0. The molecule has 0 bridgehead atoms. The third-order valence-electron chi connectivity index (χ3n) is 8.84. The van der Waals surface area contributed by atoms with Gasteiger partial charge in [0.15, 0.2) is 0 Å². The zero-order valence-electron chi connectivity index (χ0n) is 22.8. The Balaban J connectivity index is 2.16. The highest BCUT2D eigenvalue weighted by atomic mass is 16.8. The summed E-state index contributed by atoms with van der Waals surface area (Å²) in [6, 6.07) is 0. The van der Waals surface area contributed by atoms with E-state index in [2.05, 4.69) is 26.5 Å². The van der Waals surface area contributed by atoms with Gasteiger partial charge < -0.3 is 14.2 Å². The summed E-state index contributed by atoms with van der Waals surface area (Å²) in [5, 5.41) is 0. The summed E-state index contributed by atoms with van der Waals surface area (Å²) < 4.78 is 23.5. The molecule has 1 saturated carbocycles. The van der Waals surface area contributed by atoms with E-state index in [1.54, 1.807) is 0 Å². The van der Waals surface area contributed by atoms with Crippen molar-refractivity contribution in [3.8, 4) is 0 Å². The standard InChI is InChI=1S/C29H42O7/c1-9-17(3)11-13-28(8)19(5)12-14-29-23(26(33-20(6)30)36-27(29)34-21(7)31)15-22(16-24(28)29)35-25(32)18(4)10-2/h9,11,15,18-19,22,24,26-27H,1,10,12-14,16H2,2-8H3. The van der Waals surface area contributed by atoms with Crippen molar-refractivity contribution < 1.29 is 33.3 Å². The number of hydrogen-bond acceptors (Lipinski definition) is 7. The number of rotatable bonds is 8. The molecule has 1 heterocycles. The summed E-state index contributed by atoms with van der Waals surface area (Å²) in [6.45, 7) is 16.9. The topological polar surface area (TPSA) is 88.1 Å². The van der Waals surface area contributed by atoms with E-state index >= 15 is 0 Å². The Bertz CT molecular complexity index is 949. The first-order chi connectivity index (χ1) is 16.9. The average molecular weight is 503 g/mol. The maximum Gasteiger partial charge on any atom is 0.309 e. The fraction of sp³-hybridized carbons (Fsp3) is 0.690. The lowest BCUT2D eigenvalue weighted by Crippen LogP contribution is -2.57. The minimum absolute atomic E-state index is 0.0535. The monoisotopic (exact) mass is 502 g/mol. The number of allylic oxidation sites excluding steroid dienone is 3. The molecule has 0 radical (unpaired) electrons. The first-order valence-electron chi connectivity index (χ1n) is 13.1. The minimum atomic E-state index is -0.998. The van der Waals surface area contributed by atoms with Crippen LogP contribution in [-0.4, -0.2) is 36.6 Å². The largest absolute Gasteiger partial charge is 0.458 e. The number of ether oxygens (including phenoxy) is 4. The SMILES string of the molecule is C=CC(C)=CCC1(C)C(C)CCC23C(=CC(OC(=O)C(C)CC)CC12)C(OC(C)=O)OC3OC(C)=O. The van der Waals surface area contributed by atoms with Crippen LogP contribution in [0, 0.1) is 28.6 Å². The second-order valence-corrected chi connectivity index (χ2v) is 11.1. The van der Waals surface area contributed by atoms with E-state index in [-0.39, 0.29) is 23.2 Å². The smallest absolute Gasteiger partial charge is 0.309 e. The molecule has 8 unspecified atom stereocenters. The zero-order valence-corrected chi connectivity index (χ0v) is 22.8. The van der Waals surface area contributed by atoms with Crippen LogP contribution < -0.4 is 0 Å². The predicted molar refractivity (Wildman–Crippen MR) is 135 cm³/mol. The average Bonchev–Trinajstić information content (AvgIpc) is 3.10. The molecule has 7 heteroatoms. The van der Waals surface area contributed by atoms with Crippen LogP contribution >= 0.6 is 0 Å². The van der Waals surface area contributed by atoms with Crippen molar-refractivity contribution in [1.82, 2.24) is 0 Å². The van der Waals surface area contributed by atoms with Crippen molar-refractivity contribution in [3.05, 3.63) is 36.0 Å². The van der Waals surface area contributed by atoms with Crippen LogP contribution in [0.1, 0.15) is 80.6 Å². The fourth-order valence-electron chi connectivity index (χ4n) is 6.24. The van der Waals surface area contributed by atoms with Gasteiger partial charge in [0, 0.05) is 19.4 Å². The molecule has 2 fully saturated rings. The molecule has 200 valence electrons. The highest BCUT2D eigenvalue weighted by molar-refractivity contribution is 5.72. The number of carbonyl (C=O) groups is 3. The van der Waals surface area contributed by atoms with Gasteiger partial charge in [-0.25, -0.2) is 0 Å². The molecule has 0 aromatic rings. The van der Waals surface area contributed by atoms with Crippen LogP contribution in [0.15, 0.2) is 36.0 Å². The van der Waals surface area contributed by atoms with Crippen molar-refractivity contribution in [2.45, 2.75) is 99.3 Å². The lowest BCUT2D eigenvalue weighted by atomic mass is 9.46. The van der Waals surface area contributed by atoms with Gasteiger partial charge in [0.25, 0.3) is 0 Å². The van der Waals surface area contributed by atoms with Crippen molar-refractivity contribution in [2.75, 3.05) is 0 Å². The summed E-state index contributed by atoms with van der Waals surface area (Å²) in [5.74, 6) is -1.13. The van der Waals surface area contributed by atoms with Crippen molar-refractivity contribution >= 4 is 17.9 Å². The second kappa shape index (κ2) is 10.9. The first kappa shape index (κ1) is 28.2. The highest BCUT2D eigenvalue weighted by Gasteiger charge is 2.67. The summed E-state index contributed by atoms with van der Waals surface area (Å²) in [4.78, 5) is 36.9. The Labute approximate surface area is 215 Å². The number of carbonyl (C=O) groups excluding carboxylic acids is 3. The van der Waals surface area contributed by atoms with E-state index in [4.69, 9.17) is 18.9 Å². The Morgan fingerprint density at radius 1 is 1.19 bits per heavy atom. The van der Waals surface area contributed by atoms with Gasteiger partial charge in [0.2, 0.25) is 12.6 Å².